The number of ether oxygens (including phenoxy) is 1. The molecule has 6 nitrogen and oxygen atoms in total. The van der Waals surface area contributed by atoms with E-state index in [-0.39, 0.29) is 17.0 Å². The Kier molecular flexibility index (Phi) is 3.97. The molecule has 0 amide bonds. The standard InChI is InChI=1S/C24H23NO5/c1-24(2,3)21-10-14-13-6-8-30-22(13)16(20-5-4-7-29-20)9-15(14)18-11-19(26)17(23(27)28)12-25(18)21/h4-5,7,9,11-12,21H,6,8,10H2,1-3H3,(H,27,28)/t21-/m0/s1. The van der Waals surface area contributed by atoms with Crippen molar-refractivity contribution in [2.45, 2.75) is 39.7 Å². The highest BCUT2D eigenvalue weighted by molar-refractivity contribution is 5.88. The van der Waals surface area contributed by atoms with Crippen LogP contribution in [0.4, 0.5) is 0 Å². The second-order valence-electron chi connectivity index (χ2n) is 9.07. The summed E-state index contributed by atoms with van der Waals surface area (Å²) in [7, 11) is 0. The van der Waals surface area contributed by atoms with Gasteiger partial charge in [0.05, 0.1) is 24.1 Å². The van der Waals surface area contributed by atoms with Crippen LogP contribution in [0.3, 0.4) is 0 Å². The molecule has 0 bridgehead atoms. The minimum absolute atomic E-state index is 0.0119. The Morgan fingerprint density at radius 3 is 2.67 bits per heavy atom. The Hall–Kier alpha value is -3.28. The second-order valence-corrected chi connectivity index (χ2v) is 9.07. The monoisotopic (exact) mass is 405 g/mol. The van der Waals surface area contributed by atoms with E-state index in [1.54, 1.807) is 6.26 Å². The Morgan fingerprint density at radius 1 is 1.20 bits per heavy atom. The van der Waals surface area contributed by atoms with Crippen molar-refractivity contribution in [3.63, 3.8) is 0 Å². The van der Waals surface area contributed by atoms with Crippen molar-refractivity contribution in [2.24, 2.45) is 5.41 Å². The maximum Gasteiger partial charge on any atom is 0.341 e. The number of carbonyl (C=O) groups is 1. The Labute approximate surface area is 173 Å². The van der Waals surface area contributed by atoms with Gasteiger partial charge in [-0.1, -0.05) is 20.8 Å². The highest BCUT2D eigenvalue weighted by Crippen LogP contribution is 2.49. The maximum absolute atomic E-state index is 12.6. The fourth-order valence-corrected chi connectivity index (χ4v) is 4.72. The minimum atomic E-state index is -1.20. The molecule has 0 saturated heterocycles. The average molecular weight is 405 g/mol. The van der Waals surface area contributed by atoms with E-state index in [9.17, 15) is 14.7 Å². The first-order chi connectivity index (χ1) is 14.3. The fraction of sp³-hybridized carbons (Fsp3) is 0.333. The van der Waals surface area contributed by atoms with Crippen molar-refractivity contribution in [1.82, 2.24) is 4.57 Å². The molecule has 2 aliphatic rings. The van der Waals surface area contributed by atoms with Gasteiger partial charge in [-0.15, -0.1) is 0 Å². The molecule has 1 aromatic carbocycles. The molecule has 0 unspecified atom stereocenters. The molecule has 1 N–H and O–H groups in total. The lowest BCUT2D eigenvalue weighted by Crippen LogP contribution is -2.33. The summed E-state index contributed by atoms with van der Waals surface area (Å²) in [6.07, 6.45) is 4.69. The quantitative estimate of drug-likeness (QED) is 0.676. The van der Waals surface area contributed by atoms with E-state index in [1.807, 2.05) is 22.8 Å². The zero-order valence-electron chi connectivity index (χ0n) is 17.2. The van der Waals surface area contributed by atoms with Crippen molar-refractivity contribution in [3.8, 4) is 28.3 Å². The summed E-state index contributed by atoms with van der Waals surface area (Å²) in [6, 6.07) is 7.23. The molecule has 2 aliphatic heterocycles. The average Bonchev–Trinajstić information content (AvgIpc) is 3.37. The fourth-order valence-electron chi connectivity index (χ4n) is 4.72. The number of pyridine rings is 1. The summed E-state index contributed by atoms with van der Waals surface area (Å²) in [5.41, 5.74) is 4.08. The molecule has 4 heterocycles. The van der Waals surface area contributed by atoms with E-state index in [1.165, 1.54) is 17.8 Å². The minimum Gasteiger partial charge on any atom is -0.492 e. The first kappa shape index (κ1) is 18.7. The van der Waals surface area contributed by atoms with Crippen LogP contribution in [0.25, 0.3) is 22.6 Å². The summed E-state index contributed by atoms with van der Waals surface area (Å²) in [4.78, 5) is 24.2. The van der Waals surface area contributed by atoms with E-state index in [0.717, 1.165) is 41.0 Å². The Balaban J connectivity index is 1.84. The van der Waals surface area contributed by atoms with Gasteiger partial charge in [-0.25, -0.2) is 4.79 Å². The van der Waals surface area contributed by atoms with E-state index in [4.69, 9.17) is 9.15 Å². The predicted molar refractivity (Wildman–Crippen MR) is 112 cm³/mol. The first-order valence-corrected chi connectivity index (χ1v) is 10.1. The topological polar surface area (TPSA) is 81.7 Å². The lowest BCUT2D eigenvalue weighted by molar-refractivity contribution is 0.0693. The zero-order valence-corrected chi connectivity index (χ0v) is 17.2. The molecule has 5 rings (SSSR count). The highest BCUT2D eigenvalue weighted by atomic mass is 16.5. The van der Waals surface area contributed by atoms with E-state index < -0.39 is 11.4 Å². The van der Waals surface area contributed by atoms with Crippen molar-refractivity contribution >= 4 is 5.97 Å². The lowest BCUT2D eigenvalue weighted by atomic mass is 9.77. The number of fused-ring (bicyclic) bond motifs is 5. The SMILES string of the molecule is CC(C)(C)[C@@H]1Cc2c(cc(-c3ccco3)c3c2CCO3)-c2cc(=O)c(C(=O)O)cn21. The number of hydrogen-bond donors (Lipinski definition) is 1. The van der Waals surface area contributed by atoms with Crippen LogP contribution in [0.2, 0.25) is 0 Å². The van der Waals surface area contributed by atoms with Crippen molar-refractivity contribution in [1.29, 1.82) is 0 Å². The number of aromatic carboxylic acids is 1. The molecule has 0 fully saturated rings. The molecule has 30 heavy (non-hydrogen) atoms. The van der Waals surface area contributed by atoms with Crippen molar-refractivity contribution in [3.05, 3.63) is 63.6 Å². The largest absolute Gasteiger partial charge is 0.492 e. The second kappa shape index (κ2) is 6.36. The van der Waals surface area contributed by atoms with E-state index in [2.05, 4.69) is 20.8 Å². The van der Waals surface area contributed by atoms with Gasteiger partial charge in [-0.3, -0.25) is 4.79 Å². The predicted octanol–water partition coefficient (Wildman–Crippen LogP) is 4.55. The van der Waals surface area contributed by atoms with Crippen LogP contribution in [-0.4, -0.2) is 22.2 Å². The molecular formula is C24H23NO5. The van der Waals surface area contributed by atoms with Crippen LogP contribution in [0, 0.1) is 5.41 Å². The van der Waals surface area contributed by atoms with Crippen LogP contribution >= 0.6 is 0 Å². The third-order valence-electron chi connectivity index (χ3n) is 6.20. The van der Waals surface area contributed by atoms with Gasteiger partial charge in [0.15, 0.2) is 5.43 Å². The molecule has 6 heteroatoms. The van der Waals surface area contributed by atoms with E-state index >= 15 is 0 Å². The molecule has 0 radical (unpaired) electrons. The summed E-state index contributed by atoms with van der Waals surface area (Å²) < 4.78 is 13.6. The number of aromatic nitrogens is 1. The molecule has 0 saturated carbocycles. The number of hydrogen-bond acceptors (Lipinski definition) is 4. The number of carboxylic acids is 1. The first-order valence-electron chi connectivity index (χ1n) is 10.1. The van der Waals surface area contributed by atoms with Gasteiger partial charge in [0.1, 0.15) is 17.1 Å². The molecule has 2 aromatic heterocycles. The van der Waals surface area contributed by atoms with Crippen molar-refractivity contribution < 1.29 is 19.1 Å². The van der Waals surface area contributed by atoms with Gasteiger partial charge >= 0.3 is 5.97 Å². The summed E-state index contributed by atoms with van der Waals surface area (Å²) in [5, 5.41) is 9.51. The van der Waals surface area contributed by atoms with Crippen LogP contribution in [0.5, 0.6) is 5.75 Å². The number of nitrogens with zero attached hydrogens (tertiary/aromatic N) is 1. The van der Waals surface area contributed by atoms with Crippen LogP contribution in [0.15, 0.2) is 45.9 Å². The zero-order chi connectivity index (χ0) is 21.2. The smallest absolute Gasteiger partial charge is 0.341 e. The molecule has 0 spiro atoms. The van der Waals surface area contributed by atoms with E-state index in [0.29, 0.717) is 12.4 Å². The normalized spacial score (nSPS) is 17.1. The van der Waals surface area contributed by atoms with Crippen molar-refractivity contribution in [2.75, 3.05) is 6.61 Å². The molecule has 0 aliphatic carbocycles. The van der Waals surface area contributed by atoms with Gasteiger partial charge in [-0.2, -0.15) is 0 Å². The molecular weight excluding hydrogens is 382 g/mol. The number of rotatable bonds is 2. The van der Waals surface area contributed by atoms with Gasteiger partial charge in [0, 0.05) is 35.9 Å². The van der Waals surface area contributed by atoms with Gasteiger partial charge in [0.2, 0.25) is 0 Å². The van der Waals surface area contributed by atoms with Gasteiger partial charge in [0.25, 0.3) is 0 Å². The molecule has 154 valence electrons. The van der Waals surface area contributed by atoms with Gasteiger partial charge in [-0.05, 0) is 35.6 Å². The van der Waals surface area contributed by atoms with Crippen LogP contribution in [-0.2, 0) is 12.8 Å². The number of benzene rings is 1. The Morgan fingerprint density at radius 2 is 2.00 bits per heavy atom. The highest BCUT2D eigenvalue weighted by Gasteiger charge is 2.37. The number of furan rings is 1. The van der Waals surface area contributed by atoms with Gasteiger partial charge < -0.3 is 18.8 Å². The number of carboxylic acid groups (broad SMARTS) is 1. The molecule has 3 aromatic rings. The summed E-state index contributed by atoms with van der Waals surface area (Å²) >= 11 is 0. The third-order valence-corrected chi connectivity index (χ3v) is 6.20. The maximum atomic E-state index is 12.6. The van der Waals surface area contributed by atoms with Crippen LogP contribution < -0.4 is 10.2 Å². The Bertz CT molecular complexity index is 1230. The third kappa shape index (κ3) is 2.70. The summed E-state index contributed by atoms with van der Waals surface area (Å²) in [6.45, 7) is 7.03. The lowest BCUT2D eigenvalue weighted by Gasteiger charge is -2.39. The van der Waals surface area contributed by atoms with Crippen LogP contribution in [0.1, 0.15) is 48.3 Å². The summed E-state index contributed by atoms with van der Waals surface area (Å²) in [5.74, 6) is 0.367. The molecule has 1 atom stereocenters.